The van der Waals surface area contributed by atoms with Gasteiger partial charge in [-0.1, -0.05) is 40.9 Å². The van der Waals surface area contributed by atoms with E-state index in [1.807, 2.05) is 6.92 Å². The number of carbonyl (C=O) groups excluding carboxylic acids is 1. The topological polar surface area (TPSA) is 75.7 Å². The van der Waals surface area contributed by atoms with Gasteiger partial charge in [-0.3, -0.25) is 9.10 Å². The van der Waals surface area contributed by atoms with Crippen molar-refractivity contribution in [2.75, 3.05) is 22.8 Å². The molecule has 32 heavy (non-hydrogen) atoms. The summed E-state index contributed by atoms with van der Waals surface area (Å²) in [6, 6.07) is 16.9. The van der Waals surface area contributed by atoms with Crippen molar-refractivity contribution in [3.63, 3.8) is 0 Å². The minimum Gasteiger partial charge on any atom is -0.494 e. The number of ether oxygens (including phenoxy) is 1. The Balaban J connectivity index is 1.95. The molecule has 0 fully saturated rings. The van der Waals surface area contributed by atoms with E-state index in [1.54, 1.807) is 42.5 Å². The first-order valence-electron chi connectivity index (χ1n) is 9.47. The fourth-order valence-corrected chi connectivity index (χ4v) is 4.74. The lowest BCUT2D eigenvalue weighted by atomic mass is 10.3. The molecule has 0 bridgehead atoms. The van der Waals surface area contributed by atoms with Crippen LogP contribution in [0.4, 0.5) is 11.4 Å². The molecule has 168 valence electrons. The molecule has 6 nitrogen and oxygen atoms in total. The molecule has 1 amide bonds. The molecule has 0 spiro atoms. The molecule has 0 aliphatic rings. The average molecular weight is 514 g/mol. The Hall–Kier alpha value is -2.45. The van der Waals surface area contributed by atoms with E-state index >= 15 is 0 Å². The van der Waals surface area contributed by atoms with E-state index < -0.39 is 22.5 Å². The molecule has 0 radical (unpaired) electrons. The number of benzene rings is 3. The van der Waals surface area contributed by atoms with Crippen LogP contribution in [0.2, 0.25) is 15.1 Å². The van der Waals surface area contributed by atoms with Crippen molar-refractivity contribution in [2.24, 2.45) is 0 Å². The number of sulfonamides is 1. The molecule has 1 N–H and O–H groups in total. The fraction of sp³-hybridized carbons (Fsp3) is 0.136. The van der Waals surface area contributed by atoms with Crippen molar-refractivity contribution < 1.29 is 17.9 Å². The van der Waals surface area contributed by atoms with E-state index in [0.717, 1.165) is 4.31 Å². The number of hydrogen-bond acceptors (Lipinski definition) is 4. The second-order valence-corrected chi connectivity index (χ2v) is 9.63. The monoisotopic (exact) mass is 512 g/mol. The summed E-state index contributed by atoms with van der Waals surface area (Å²) in [4.78, 5) is 12.8. The normalized spacial score (nSPS) is 11.1. The Bertz CT molecular complexity index is 1200. The van der Waals surface area contributed by atoms with Crippen LogP contribution in [0.5, 0.6) is 5.75 Å². The van der Waals surface area contributed by atoms with Gasteiger partial charge in [0.15, 0.2) is 0 Å². The Kier molecular flexibility index (Phi) is 7.90. The van der Waals surface area contributed by atoms with E-state index in [4.69, 9.17) is 39.5 Å². The van der Waals surface area contributed by atoms with Crippen molar-refractivity contribution >= 4 is 62.1 Å². The van der Waals surface area contributed by atoms with E-state index in [9.17, 15) is 13.2 Å². The summed E-state index contributed by atoms with van der Waals surface area (Å²) in [5, 5.41) is 3.43. The highest BCUT2D eigenvalue weighted by atomic mass is 35.5. The number of halogens is 3. The van der Waals surface area contributed by atoms with Crippen LogP contribution >= 0.6 is 34.8 Å². The molecule has 10 heteroatoms. The Labute approximate surface area is 201 Å². The van der Waals surface area contributed by atoms with Crippen LogP contribution < -0.4 is 14.4 Å². The number of nitrogens with one attached hydrogen (secondary N) is 1. The Morgan fingerprint density at radius 3 is 2.25 bits per heavy atom. The molecule has 0 saturated carbocycles. The summed E-state index contributed by atoms with van der Waals surface area (Å²) in [6.45, 7) is 1.81. The smallest absolute Gasteiger partial charge is 0.264 e. The molecule has 0 heterocycles. The summed E-state index contributed by atoms with van der Waals surface area (Å²) >= 11 is 18.0. The molecule has 0 unspecified atom stereocenters. The van der Waals surface area contributed by atoms with Crippen LogP contribution in [0, 0.1) is 0 Å². The van der Waals surface area contributed by atoms with Gasteiger partial charge in [0.2, 0.25) is 5.91 Å². The van der Waals surface area contributed by atoms with Gasteiger partial charge in [0.05, 0.1) is 32.9 Å². The number of anilines is 2. The zero-order chi connectivity index (χ0) is 23.3. The van der Waals surface area contributed by atoms with Gasteiger partial charge in [-0.2, -0.15) is 0 Å². The second-order valence-electron chi connectivity index (χ2n) is 6.54. The number of rotatable bonds is 8. The maximum Gasteiger partial charge on any atom is 0.264 e. The Morgan fingerprint density at radius 2 is 1.62 bits per heavy atom. The average Bonchev–Trinajstić information content (AvgIpc) is 2.76. The van der Waals surface area contributed by atoms with E-state index in [2.05, 4.69) is 5.32 Å². The van der Waals surface area contributed by atoms with Crippen LogP contribution in [0.25, 0.3) is 0 Å². The summed E-state index contributed by atoms with van der Waals surface area (Å²) in [5.41, 5.74) is 0.565. The molecule has 0 atom stereocenters. The highest BCUT2D eigenvalue weighted by Gasteiger charge is 2.27. The minimum absolute atomic E-state index is 0.00984. The molecule has 0 saturated heterocycles. The predicted octanol–water partition coefficient (Wildman–Crippen LogP) is 5.88. The largest absolute Gasteiger partial charge is 0.494 e. The van der Waals surface area contributed by atoms with Gasteiger partial charge >= 0.3 is 0 Å². The molecule has 0 aliphatic heterocycles. The summed E-state index contributed by atoms with van der Waals surface area (Å²) in [6.07, 6.45) is 0. The third-order valence-corrected chi connectivity index (χ3v) is 7.21. The molecular weight excluding hydrogens is 495 g/mol. The minimum atomic E-state index is -4.09. The third-order valence-electron chi connectivity index (χ3n) is 4.35. The summed E-state index contributed by atoms with van der Waals surface area (Å²) in [5.74, 6) is -0.0177. The van der Waals surface area contributed by atoms with Gasteiger partial charge in [0, 0.05) is 5.02 Å². The van der Waals surface area contributed by atoms with Gasteiger partial charge in [-0.25, -0.2) is 8.42 Å². The van der Waals surface area contributed by atoms with Crippen molar-refractivity contribution in [1.29, 1.82) is 0 Å². The lowest BCUT2D eigenvalue weighted by molar-refractivity contribution is -0.114. The molecule has 0 aromatic heterocycles. The standard InChI is InChI=1S/C22H19Cl3N2O4S/c1-2-31-17-10-8-16(9-11-17)27(32(29,30)18-12-6-15(23)7-13-18)14-21(28)26-20-5-3-4-19(24)22(20)25/h3-13H,2,14H2,1H3,(H,26,28). The van der Waals surface area contributed by atoms with Crippen LogP contribution in [0.3, 0.4) is 0 Å². The lowest BCUT2D eigenvalue weighted by Crippen LogP contribution is -2.38. The third kappa shape index (κ3) is 5.66. The van der Waals surface area contributed by atoms with Crippen molar-refractivity contribution in [2.45, 2.75) is 11.8 Å². The Morgan fingerprint density at radius 1 is 0.969 bits per heavy atom. The van der Waals surface area contributed by atoms with Gasteiger partial charge in [0.25, 0.3) is 10.0 Å². The van der Waals surface area contributed by atoms with Gasteiger partial charge in [-0.15, -0.1) is 0 Å². The second kappa shape index (κ2) is 10.4. The molecular formula is C22H19Cl3N2O4S. The van der Waals surface area contributed by atoms with Crippen molar-refractivity contribution in [3.05, 3.63) is 81.8 Å². The number of carbonyl (C=O) groups is 1. The fourth-order valence-electron chi connectivity index (χ4n) is 2.84. The highest BCUT2D eigenvalue weighted by Crippen LogP contribution is 2.30. The predicted molar refractivity (Wildman–Crippen MR) is 129 cm³/mol. The lowest BCUT2D eigenvalue weighted by Gasteiger charge is -2.24. The van der Waals surface area contributed by atoms with E-state index in [0.29, 0.717) is 17.4 Å². The van der Waals surface area contributed by atoms with Crippen LogP contribution in [-0.2, 0) is 14.8 Å². The maximum atomic E-state index is 13.4. The number of amides is 1. The maximum absolute atomic E-state index is 13.4. The SMILES string of the molecule is CCOc1ccc(N(CC(=O)Nc2cccc(Cl)c2Cl)S(=O)(=O)c2ccc(Cl)cc2)cc1. The quantitative estimate of drug-likeness (QED) is 0.408. The van der Waals surface area contributed by atoms with Gasteiger partial charge < -0.3 is 10.1 Å². The van der Waals surface area contributed by atoms with Gasteiger partial charge in [0.1, 0.15) is 12.3 Å². The zero-order valence-corrected chi connectivity index (χ0v) is 20.0. The first kappa shape index (κ1) is 24.2. The van der Waals surface area contributed by atoms with E-state index in [-0.39, 0.29) is 26.3 Å². The van der Waals surface area contributed by atoms with Crippen molar-refractivity contribution in [1.82, 2.24) is 0 Å². The first-order valence-corrected chi connectivity index (χ1v) is 12.0. The van der Waals surface area contributed by atoms with Crippen LogP contribution in [0.15, 0.2) is 71.6 Å². The number of hydrogen-bond donors (Lipinski definition) is 1. The molecule has 3 aromatic carbocycles. The van der Waals surface area contributed by atoms with Crippen molar-refractivity contribution in [3.8, 4) is 5.75 Å². The summed E-state index contributed by atoms with van der Waals surface area (Å²) < 4.78 is 33.2. The first-order chi connectivity index (χ1) is 15.2. The molecule has 0 aliphatic carbocycles. The highest BCUT2D eigenvalue weighted by molar-refractivity contribution is 7.92. The summed E-state index contributed by atoms with van der Waals surface area (Å²) in [7, 11) is -4.09. The molecule has 3 rings (SSSR count). The van der Waals surface area contributed by atoms with E-state index in [1.165, 1.54) is 24.3 Å². The van der Waals surface area contributed by atoms with Crippen LogP contribution in [0.1, 0.15) is 6.92 Å². The zero-order valence-electron chi connectivity index (χ0n) is 16.9. The van der Waals surface area contributed by atoms with Gasteiger partial charge in [-0.05, 0) is 67.6 Å². The number of nitrogens with zero attached hydrogens (tertiary/aromatic N) is 1. The van der Waals surface area contributed by atoms with Crippen LogP contribution in [-0.4, -0.2) is 27.5 Å². The molecule has 3 aromatic rings.